The van der Waals surface area contributed by atoms with Gasteiger partial charge in [0.25, 0.3) is 5.91 Å². The summed E-state index contributed by atoms with van der Waals surface area (Å²) in [6.07, 6.45) is 2.74. The van der Waals surface area contributed by atoms with Gasteiger partial charge in [0.05, 0.1) is 11.7 Å². The Bertz CT molecular complexity index is 1020. The number of aromatic nitrogens is 2. The van der Waals surface area contributed by atoms with Crippen LogP contribution in [0.15, 0.2) is 18.2 Å². The van der Waals surface area contributed by atoms with Crippen LogP contribution >= 0.6 is 0 Å². The first-order valence-corrected chi connectivity index (χ1v) is 11.5. The van der Waals surface area contributed by atoms with E-state index in [0.717, 1.165) is 66.6 Å². The van der Waals surface area contributed by atoms with E-state index in [2.05, 4.69) is 30.3 Å². The number of aryl methyl sites for hydroxylation is 1. The first-order chi connectivity index (χ1) is 15.2. The summed E-state index contributed by atoms with van der Waals surface area (Å²) in [4.78, 5) is 27.7. The molecule has 0 unspecified atom stereocenters. The van der Waals surface area contributed by atoms with E-state index < -0.39 is 5.60 Å². The van der Waals surface area contributed by atoms with Gasteiger partial charge in [-0.05, 0) is 71.2 Å². The lowest BCUT2D eigenvalue weighted by molar-refractivity contribution is -0.146. The predicted molar refractivity (Wildman–Crippen MR) is 126 cm³/mol. The lowest BCUT2D eigenvalue weighted by Gasteiger charge is -2.34. The summed E-state index contributed by atoms with van der Waals surface area (Å²) in [5.74, 6) is 2.36. The van der Waals surface area contributed by atoms with Crippen LogP contribution in [-0.4, -0.2) is 58.5 Å². The molecule has 1 atom stereocenters. The van der Waals surface area contributed by atoms with Crippen LogP contribution in [0.5, 0.6) is 5.75 Å². The zero-order valence-corrected chi connectivity index (χ0v) is 20.2. The van der Waals surface area contributed by atoms with Gasteiger partial charge in [-0.3, -0.25) is 4.79 Å². The van der Waals surface area contributed by atoms with Gasteiger partial charge in [-0.15, -0.1) is 0 Å². The van der Waals surface area contributed by atoms with Crippen molar-refractivity contribution in [3.05, 3.63) is 46.4 Å². The largest absolute Gasteiger partial charge is 0.478 e. The Balaban J connectivity index is 1.61. The number of nitrogens with one attached hydrogen (secondary N) is 1. The summed E-state index contributed by atoms with van der Waals surface area (Å²) < 4.78 is 6.27. The molecule has 0 radical (unpaired) electrons. The maximum absolute atomic E-state index is 13.7. The second-order valence-electron chi connectivity index (χ2n) is 9.56. The van der Waals surface area contributed by atoms with E-state index in [0.29, 0.717) is 6.54 Å². The van der Waals surface area contributed by atoms with Gasteiger partial charge in [-0.25, -0.2) is 9.97 Å². The van der Waals surface area contributed by atoms with Gasteiger partial charge >= 0.3 is 0 Å². The third-order valence-corrected chi connectivity index (χ3v) is 6.76. The number of carbonyl (C=O) groups excluding carboxylic acids is 1. The molecule has 7 heteroatoms. The Morgan fingerprint density at radius 2 is 2.00 bits per heavy atom. The number of amides is 1. The molecule has 1 N–H and O–H groups in total. The van der Waals surface area contributed by atoms with Gasteiger partial charge in [0, 0.05) is 32.2 Å². The average Bonchev–Trinajstić information content (AvgIpc) is 3.25. The second kappa shape index (κ2) is 8.70. The normalized spacial score (nSPS) is 19.1. The topological polar surface area (TPSA) is 70.6 Å². The van der Waals surface area contributed by atoms with E-state index in [1.54, 1.807) is 0 Å². The molecule has 1 aromatic heterocycles. The smallest absolute Gasteiger partial charge is 0.266 e. The van der Waals surface area contributed by atoms with E-state index in [-0.39, 0.29) is 11.9 Å². The van der Waals surface area contributed by atoms with Gasteiger partial charge < -0.3 is 19.9 Å². The SMILES string of the molecule is CNc1nc([C@@H]2CCCN2C(=O)C(C)(C)Oc2cccc(C)c2C)nc2c1CCN(C)C2. The van der Waals surface area contributed by atoms with Crippen molar-refractivity contribution in [3.63, 3.8) is 0 Å². The molecular formula is C25H35N5O2. The second-order valence-corrected chi connectivity index (χ2v) is 9.56. The number of nitrogens with zero attached hydrogens (tertiary/aromatic N) is 4. The lowest BCUT2D eigenvalue weighted by Crippen LogP contribution is -2.49. The van der Waals surface area contributed by atoms with Crippen LogP contribution in [0.3, 0.4) is 0 Å². The van der Waals surface area contributed by atoms with E-state index in [1.165, 1.54) is 5.56 Å². The predicted octanol–water partition coefficient (Wildman–Crippen LogP) is 3.64. The van der Waals surface area contributed by atoms with E-state index in [9.17, 15) is 4.79 Å². The number of anilines is 1. The fourth-order valence-electron chi connectivity index (χ4n) is 4.71. The average molecular weight is 438 g/mol. The molecule has 1 amide bonds. The highest BCUT2D eigenvalue weighted by molar-refractivity contribution is 5.85. The fourth-order valence-corrected chi connectivity index (χ4v) is 4.71. The van der Waals surface area contributed by atoms with Gasteiger partial charge in [0.15, 0.2) is 11.4 Å². The third kappa shape index (κ3) is 4.18. The van der Waals surface area contributed by atoms with E-state index in [1.807, 2.05) is 44.9 Å². The molecule has 0 bridgehead atoms. The number of carbonyl (C=O) groups is 1. The summed E-state index contributed by atoms with van der Waals surface area (Å²) in [5, 5.41) is 3.25. The van der Waals surface area contributed by atoms with E-state index in [4.69, 9.17) is 14.7 Å². The molecule has 0 aliphatic carbocycles. The molecule has 1 saturated heterocycles. The fraction of sp³-hybridized carbons (Fsp3) is 0.560. The molecule has 0 spiro atoms. The summed E-state index contributed by atoms with van der Waals surface area (Å²) in [6, 6.07) is 5.82. The highest BCUT2D eigenvalue weighted by atomic mass is 16.5. The number of hydrogen-bond donors (Lipinski definition) is 1. The van der Waals surface area contributed by atoms with Crippen LogP contribution in [0.4, 0.5) is 5.82 Å². The molecule has 1 fully saturated rings. The monoisotopic (exact) mass is 437 g/mol. The number of fused-ring (bicyclic) bond motifs is 1. The minimum Gasteiger partial charge on any atom is -0.478 e. The molecule has 2 aliphatic rings. The van der Waals surface area contributed by atoms with Gasteiger partial charge in [0.1, 0.15) is 11.6 Å². The molecule has 2 aromatic rings. The molecule has 7 nitrogen and oxygen atoms in total. The number of hydrogen-bond acceptors (Lipinski definition) is 6. The van der Waals surface area contributed by atoms with Crippen LogP contribution in [0, 0.1) is 13.8 Å². The van der Waals surface area contributed by atoms with Crippen LogP contribution in [0.2, 0.25) is 0 Å². The molecule has 4 rings (SSSR count). The Morgan fingerprint density at radius 3 is 2.75 bits per heavy atom. The number of benzene rings is 1. The van der Waals surface area contributed by atoms with Crippen LogP contribution < -0.4 is 10.1 Å². The summed E-state index contributed by atoms with van der Waals surface area (Å²) >= 11 is 0. The molecule has 0 saturated carbocycles. The zero-order chi connectivity index (χ0) is 23.0. The molecule has 3 heterocycles. The molecular weight excluding hydrogens is 402 g/mol. The zero-order valence-electron chi connectivity index (χ0n) is 20.2. The van der Waals surface area contributed by atoms with Crippen LogP contribution in [-0.2, 0) is 17.8 Å². The first-order valence-electron chi connectivity index (χ1n) is 11.5. The van der Waals surface area contributed by atoms with Crippen molar-refractivity contribution < 1.29 is 9.53 Å². The van der Waals surface area contributed by atoms with Crippen molar-refractivity contribution in [3.8, 4) is 5.75 Å². The molecule has 172 valence electrons. The van der Waals surface area contributed by atoms with Gasteiger partial charge in [0.2, 0.25) is 0 Å². The maximum atomic E-state index is 13.7. The number of likely N-dealkylation sites (tertiary alicyclic amines) is 1. The van der Waals surface area contributed by atoms with E-state index >= 15 is 0 Å². The highest BCUT2D eigenvalue weighted by Crippen LogP contribution is 2.35. The molecule has 2 aliphatic heterocycles. The van der Waals surface area contributed by atoms with Crippen molar-refractivity contribution in [2.24, 2.45) is 0 Å². The maximum Gasteiger partial charge on any atom is 0.266 e. The summed E-state index contributed by atoms with van der Waals surface area (Å²) in [5.41, 5.74) is 3.49. The van der Waals surface area contributed by atoms with Gasteiger partial charge in [-0.1, -0.05) is 12.1 Å². The van der Waals surface area contributed by atoms with Crippen molar-refractivity contribution >= 4 is 11.7 Å². The Kier molecular flexibility index (Phi) is 6.12. The van der Waals surface area contributed by atoms with Crippen LogP contribution in [0.1, 0.15) is 60.9 Å². The minimum atomic E-state index is -0.985. The number of likely N-dealkylation sites (N-methyl/N-ethyl adjacent to an activating group) is 1. The van der Waals surface area contributed by atoms with Crippen molar-refractivity contribution in [2.45, 2.75) is 65.1 Å². The standard InChI is InChI=1S/C25H35N5O2/c1-16-9-7-11-21(17(16)2)32-25(3,4)24(31)30-13-8-10-20(30)23-27-19-15-29(6)14-12-18(19)22(26-5)28-23/h7,9,11,20H,8,10,12-15H2,1-6H3,(H,26,27,28)/t20-/m0/s1. The van der Waals surface area contributed by atoms with Crippen molar-refractivity contribution in [2.75, 3.05) is 32.5 Å². The summed E-state index contributed by atoms with van der Waals surface area (Å²) in [6.45, 7) is 10.3. The Hall–Kier alpha value is -2.67. The molecule has 1 aromatic carbocycles. The van der Waals surface area contributed by atoms with Crippen molar-refractivity contribution in [1.82, 2.24) is 19.8 Å². The van der Waals surface area contributed by atoms with Crippen LogP contribution in [0.25, 0.3) is 0 Å². The highest BCUT2D eigenvalue weighted by Gasteiger charge is 2.41. The lowest BCUT2D eigenvalue weighted by atomic mass is 10.0. The Morgan fingerprint density at radius 1 is 1.22 bits per heavy atom. The quantitative estimate of drug-likeness (QED) is 0.770. The van der Waals surface area contributed by atoms with Crippen molar-refractivity contribution in [1.29, 1.82) is 0 Å². The third-order valence-electron chi connectivity index (χ3n) is 6.76. The minimum absolute atomic E-state index is 0.0228. The first kappa shape index (κ1) is 22.5. The molecule has 32 heavy (non-hydrogen) atoms. The summed E-state index contributed by atoms with van der Waals surface area (Å²) in [7, 11) is 4.02. The number of rotatable bonds is 5. The Labute approximate surface area is 191 Å². The van der Waals surface area contributed by atoms with Gasteiger partial charge in [-0.2, -0.15) is 0 Å². The number of ether oxygens (including phenoxy) is 1.